The van der Waals surface area contributed by atoms with E-state index in [2.05, 4.69) is 25.3 Å². The van der Waals surface area contributed by atoms with E-state index in [0.717, 1.165) is 0 Å². The third kappa shape index (κ3) is 10.6. The molecule has 5 heteroatoms. The second kappa shape index (κ2) is 12.6. The van der Waals surface area contributed by atoms with E-state index in [1.165, 1.54) is 25.4 Å². The summed E-state index contributed by atoms with van der Waals surface area (Å²) in [5.74, 6) is 0. The molecule has 0 spiro atoms. The van der Waals surface area contributed by atoms with Crippen molar-refractivity contribution in [2.75, 3.05) is 70.1 Å². The molecule has 2 unspecified atom stereocenters. The molecule has 112 valence electrons. The Hall–Kier alpha value is 1.87. The van der Waals surface area contributed by atoms with Gasteiger partial charge in [-0.15, -0.1) is 0 Å². The molecule has 0 aromatic heterocycles. The van der Waals surface area contributed by atoms with Crippen LogP contribution in [0.3, 0.4) is 0 Å². The molecule has 1 fully saturated rings. The van der Waals surface area contributed by atoms with Gasteiger partial charge in [0.25, 0.3) is 0 Å². The number of nitrogens with one attached hydrogen (secondary N) is 1. The molecule has 1 heterocycles. The minimum absolute atomic E-state index is 0. The molecular weight excluding hydrogens is 364 g/mol. The second-order valence-electron chi connectivity index (χ2n) is 5.83. The van der Waals surface area contributed by atoms with Crippen molar-refractivity contribution in [3.63, 3.8) is 0 Å². The van der Waals surface area contributed by atoms with Crippen molar-refractivity contribution in [3.8, 4) is 0 Å². The van der Waals surface area contributed by atoms with E-state index in [4.69, 9.17) is 0 Å². The Bertz CT molecular complexity index is 177. The Morgan fingerprint density at radius 1 is 0.611 bits per heavy atom. The van der Waals surface area contributed by atoms with Gasteiger partial charge in [-0.05, 0) is 23.8 Å². The van der Waals surface area contributed by atoms with E-state index in [9.17, 15) is 0 Å². The summed E-state index contributed by atoms with van der Waals surface area (Å²) < 4.78 is 0. The average molecular weight is 399 g/mol. The molecule has 0 aromatic carbocycles. The van der Waals surface area contributed by atoms with Gasteiger partial charge in [0.1, 0.15) is 0 Å². The Labute approximate surface area is 131 Å². The molecule has 1 N–H and O–H groups in total. The van der Waals surface area contributed by atoms with E-state index in [1.807, 2.05) is 0 Å². The van der Waals surface area contributed by atoms with Gasteiger partial charge in [0, 0.05) is 45.9 Å². The predicted octanol–water partition coefficient (Wildman–Crippen LogP) is 2.36. The van der Waals surface area contributed by atoms with Crippen LogP contribution in [0.25, 0.3) is 0 Å². The Morgan fingerprint density at radius 3 is 1.33 bits per heavy atom. The summed E-state index contributed by atoms with van der Waals surface area (Å²) in [6, 6.07) is 0. The van der Waals surface area contributed by atoms with Crippen molar-refractivity contribution in [3.05, 3.63) is 0 Å². The van der Waals surface area contributed by atoms with E-state index in [1.54, 1.807) is 37.5 Å². The van der Waals surface area contributed by atoms with Crippen LogP contribution in [-0.4, -0.2) is 70.1 Å². The van der Waals surface area contributed by atoms with Gasteiger partial charge in [-0.1, -0.05) is 0 Å². The van der Waals surface area contributed by atoms with Crippen LogP contribution in [0.2, 0.25) is 0 Å². The molecule has 0 radical (unpaired) electrons. The number of hydrogen-bond acceptors (Lipinski definition) is 1. The van der Waals surface area contributed by atoms with E-state index in [0.29, 0.717) is 0 Å². The summed E-state index contributed by atoms with van der Waals surface area (Å²) >= 11 is 0. The minimum atomic E-state index is -0.0136. The molecule has 1 aliphatic heterocycles. The topological polar surface area (TPSA) is 12.0 Å². The average Bonchev–Trinajstić information content (AvgIpc) is 2.27. The van der Waals surface area contributed by atoms with Gasteiger partial charge < -0.3 is 5.32 Å². The maximum absolute atomic E-state index is 3.67. The Balaban J connectivity index is 0.00000289. The normalized spacial score (nSPS) is 33.2. The zero-order chi connectivity index (χ0) is 12.5. The summed E-state index contributed by atoms with van der Waals surface area (Å²) in [5, 5.41) is 3.67. The molecular formula is C13H35NP3Ru+3. The van der Waals surface area contributed by atoms with E-state index < -0.39 is 0 Å². The van der Waals surface area contributed by atoms with Crippen LogP contribution in [-0.2, 0) is 19.5 Å². The van der Waals surface area contributed by atoms with Crippen LogP contribution in [0.15, 0.2) is 0 Å². The van der Waals surface area contributed by atoms with E-state index in [-0.39, 0.29) is 43.2 Å². The Morgan fingerprint density at radius 2 is 0.944 bits per heavy atom. The van der Waals surface area contributed by atoms with Crippen LogP contribution in [0, 0.1) is 0 Å². The van der Waals surface area contributed by atoms with Crippen molar-refractivity contribution in [2.24, 2.45) is 0 Å². The standard InChI is InChI=1S/C13H30NP3.Ru.2H/c1-15-8-4-10-16(2)12-6-14-7-13-17(3)11-5-9-15;;;/h14H,4-13H2,1-3H3;;;/p+3. The molecule has 2 atom stereocenters. The maximum atomic E-state index is 3.67. The van der Waals surface area contributed by atoms with Gasteiger partial charge in [-0.2, -0.15) is 0 Å². The summed E-state index contributed by atoms with van der Waals surface area (Å²) in [4.78, 5) is 0. The molecule has 1 saturated heterocycles. The fourth-order valence-electron chi connectivity index (χ4n) is 2.49. The first-order chi connectivity index (χ1) is 8.18. The molecule has 0 bridgehead atoms. The zero-order valence-corrected chi connectivity index (χ0v) is 17.5. The summed E-state index contributed by atoms with van der Waals surface area (Å²) in [6.45, 7) is 10.2. The number of rotatable bonds is 0. The summed E-state index contributed by atoms with van der Waals surface area (Å²) in [7, 11) is 0.00421. The molecule has 0 aliphatic carbocycles. The summed E-state index contributed by atoms with van der Waals surface area (Å²) in [5.41, 5.74) is 0. The first kappa shape index (κ1) is 19.9. The summed E-state index contributed by atoms with van der Waals surface area (Å²) in [6.07, 6.45) is 12.4. The van der Waals surface area contributed by atoms with Crippen LogP contribution >= 0.6 is 23.8 Å². The second-order valence-corrected chi connectivity index (χ2v) is 14.6. The monoisotopic (exact) mass is 400 g/mol. The van der Waals surface area contributed by atoms with Crippen LogP contribution < -0.4 is 5.32 Å². The van der Waals surface area contributed by atoms with Gasteiger partial charge in [0.2, 0.25) is 0 Å². The van der Waals surface area contributed by atoms with Gasteiger partial charge in [-0.3, -0.25) is 0 Å². The first-order valence-electron chi connectivity index (χ1n) is 7.33. The Kier molecular flexibility index (Phi) is 13.9. The third-order valence-electron chi connectivity index (χ3n) is 3.87. The molecule has 18 heavy (non-hydrogen) atoms. The van der Waals surface area contributed by atoms with Gasteiger partial charge in [0.15, 0.2) is 0 Å². The van der Waals surface area contributed by atoms with Gasteiger partial charge >= 0.3 is 19.5 Å². The molecule has 0 saturated carbocycles. The van der Waals surface area contributed by atoms with Crippen molar-refractivity contribution >= 4 is 23.8 Å². The SMILES string of the molecule is C[PH+]1CCC[PH+](C)CCNCC[PH+](C)CCC1.[RuH2]. The molecule has 0 amide bonds. The zero-order valence-electron chi connectivity index (χ0n) is 12.5. The van der Waals surface area contributed by atoms with Crippen molar-refractivity contribution in [1.82, 2.24) is 5.32 Å². The first-order valence-corrected chi connectivity index (χ1v) is 14.6. The van der Waals surface area contributed by atoms with Gasteiger partial charge in [0.05, 0.1) is 37.0 Å². The number of hydrogen-bond donors (Lipinski definition) is 1. The molecule has 1 rings (SSSR count). The fourth-order valence-corrected chi connectivity index (χ4v) is 8.27. The predicted molar refractivity (Wildman–Crippen MR) is 96.8 cm³/mol. The quantitative estimate of drug-likeness (QED) is 0.487. The fraction of sp³-hybridized carbons (Fsp3) is 1.00. The van der Waals surface area contributed by atoms with Crippen molar-refractivity contribution in [1.29, 1.82) is 0 Å². The van der Waals surface area contributed by atoms with Crippen LogP contribution in [0.5, 0.6) is 0 Å². The van der Waals surface area contributed by atoms with E-state index >= 15 is 0 Å². The van der Waals surface area contributed by atoms with Gasteiger partial charge in [-0.25, -0.2) is 0 Å². The van der Waals surface area contributed by atoms with Crippen molar-refractivity contribution < 1.29 is 19.5 Å². The molecule has 0 aromatic rings. The third-order valence-corrected chi connectivity index (χ3v) is 10.9. The molecule has 1 nitrogen and oxygen atoms in total. The van der Waals surface area contributed by atoms with Crippen molar-refractivity contribution in [2.45, 2.75) is 12.8 Å². The molecule has 1 aliphatic rings. The van der Waals surface area contributed by atoms with Crippen LogP contribution in [0.4, 0.5) is 0 Å². The van der Waals surface area contributed by atoms with Crippen LogP contribution in [0.1, 0.15) is 12.8 Å².